The molecule has 4 heteroatoms. The fourth-order valence-corrected chi connectivity index (χ4v) is 2.08. The summed E-state index contributed by atoms with van der Waals surface area (Å²) in [5.74, 6) is 0. The Labute approximate surface area is 93.0 Å². The van der Waals surface area contributed by atoms with E-state index >= 15 is 0 Å². The van der Waals surface area contributed by atoms with Gasteiger partial charge in [-0.05, 0) is 45.4 Å². The summed E-state index contributed by atoms with van der Waals surface area (Å²) in [5.41, 5.74) is 5.51. The molecule has 4 nitrogen and oxygen atoms in total. The van der Waals surface area contributed by atoms with E-state index in [-0.39, 0.29) is 0 Å². The van der Waals surface area contributed by atoms with E-state index in [2.05, 4.69) is 9.80 Å². The Balaban J connectivity index is 2.16. The quantitative estimate of drug-likeness (QED) is 0.640. The first-order valence-electron chi connectivity index (χ1n) is 6.12. The third-order valence-electron chi connectivity index (χ3n) is 2.99. The van der Waals surface area contributed by atoms with E-state index in [0.717, 1.165) is 45.6 Å². The summed E-state index contributed by atoms with van der Waals surface area (Å²) in [5, 5.41) is 8.78. The maximum atomic E-state index is 8.78. The highest BCUT2D eigenvalue weighted by Gasteiger charge is 2.13. The predicted molar refractivity (Wildman–Crippen MR) is 62.9 cm³/mol. The van der Waals surface area contributed by atoms with Crippen molar-refractivity contribution in [2.75, 3.05) is 52.4 Å². The molecule has 0 aromatic heterocycles. The average molecular weight is 215 g/mol. The number of hydrogen-bond donors (Lipinski definition) is 2. The van der Waals surface area contributed by atoms with Crippen LogP contribution in [0.25, 0.3) is 0 Å². The minimum atomic E-state index is 0.313. The highest BCUT2D eigenvalue weighted by molar-refractivity contribution is 4.69. The fraction of sp³-hybridized carbons (Fsp3) is 1.00. The van der Waals surface area contributed by atoms with Crippen molar-refractivity contribution in [3.05, 3.63) is 0 Å². The number of hydrogen-bond acceptors (Lipinski definition) is 4. The van der Waals surface area contributed by atoms with Gasteiger partial charge in [0.25, 0.3) is 0 Å². The van der Waals surface area contributed by atoms with Crippen LogP contribution in [0, 0.1) is 0 Å². The van der Waals surface area contributed by atoms with Crippen molar-refractivity contribution in [2.45, 2.75) is 19.3 Å². The van der Waals surface area contributed by atoms with Gasteiger partial charge in [0.1, 0.15) is 0 Å². The van der Waals surface area contributed by atoms with Crippen LogP contribution in [0.1, 0.15) is 19.3 Å². The van der Waals surface area contributed by atoms with Gasteiger partial charge >= 0.3 is 0 Å². The number of aliphatic hydroxyl groups excluding tert-OH is 1. The molecule has 0 saturated carbocycles. The van der Waals surface area contributed by atoms with E-state index in [4.69, 9.17) is 10.8 Å². The Morgan fingerprint density at radius 3 is 2.07 bits per heavy atom. The molecule has 0 aromatic rings. The van der Waals surface area contributed by atoms with Gasteiger partial charge in [-0.15, -0.1) is 0 Å². The van der Waals surface area contributed by atoms with Gasteiger partial charge in [-0.3, -0.25) is 0 Å². The van der Waals surface area contributed by atoms with Gasteiger partial charge in [-0.2, -0.15) is 0 Å². The van der Waals surface area contributed by atoms with E-state index in [1.54, 1.807) is 0 Å². The molecular weight excluding hydrogens is 190 g/mol. The molecule has 3 N–H and O–H groups in total. The van der Waals surface area contributed by atoms with Crippen molar-refractivity contribution in [3.63, 3.8) is 0 Å². The molecule has 1 aliphatic rings. The topological polar surface area (TPSA) is 52.7 Å². The van der Waals surface area contributed by atoms with Crippen molar-refractivity contribution in [2.24, 2.45) is 5.73 Å². The summed E-state index contributed by atoms with van der Waals surface area (Å²) in [7, 11) is 0. The zero-order chi connectivity index (χ0) is 10.9. The lowest BCUT2D eigenvalue weighted by Gasteiger charge is -2.21. The Kier molecular flexibility index (Phi) is 6.92. The molecule has 1 aliphatic heterocycles. The van der Waals surface area contributed by atoms with Crippen molar-refractivity contribution in [1.82, 2.24) is 9.80 Å². The van der Waals surface area contributed by atoms with Gasteiger partial charge in [0.05, 0.1) is 0 Å². The zero-order valence-electron chi connectivity index (χ0n) is 9.70. The fourth-order valence-electron chi connectivity index (χ4n) is 2.08. The van der Waals surface area contributed by atoms with Crippen molar-refractivity contribution in [1.29, 1.82) is 0 Å². The predicted octanol–water partition coefficient (Wildman–Crippen LogP) is -0.275. The van der Waals surface area contributed by atoms with E-state index in [9.17, 15) is 0 Å². The maximum absolute atomic E-state index is 8.78. The van der Waals surface area contributed by atoms with Gasteiger partial charge < -0.3 is 20.6 Å². The van der Waals surface area contributed by atoms with E-state index in [1.807, 2.05) is 0 Å². The average Bonchev–Trinajstić information content (AvgIpc) is 2.49. The molecule has 1 heterocycles. The smallest absolute Gasteiger partial charge is 0.0443 e. The molecule has 0 bridgehead atoms. The van der Waals surface area contributed by atoms with Crippen molar-refractivity contribution in [3.8, 4) is 0 Å². The Bertz CT molecular complexity index is 139. The molecule has 1 rings (SSSR count). The largest absolute Gasteiger partial charge is 0.396 e. The van der Waals surface area contributed by atoms with Crippen LogP contribution < -0.4 is 5.73 Å². The monoisotopic (exact) mass is 215 g/mol. The summed E-state index contributed by atoms with van der Waals surface area (Å²) in [4.78, 5) is 4.96. The lowest BCUT2D eigenvalue weighted by molar-refractivity contribution is 0.222. The summed E-state index contributed by atoms with van der Waals surface area (Å²) >= 11 is 0. The molecule has 0 spiro atoms. The first-order valence-corrected chi connectivity index (χ1v) is 6.12. The van der Waals surface area contributed by atoms with E-state index < -0.39 is 0 Å². The van der Waals surface area contributed by atoms with Crippen LogP contribution in [-0.4, -0.2) is 67.3 Å². The lowest BCUT2D eigenvalue weighted by atomic mass is 10.3. The van der Waals surface area contributed by atoms with Gasteiger partial charge in [0.2, 0.25) is 0 Å². The molecule has 15 heavy (non-hydrogen) atoms. The molecule has 0 atom stereocenters. The first-order chi connectivity index (χ1) is 7.36. The molecule has 1 fully saturated rings. The molecule has 1 saturated heterocycles. The molecule has 0 radical (unpaired) electrons. The Morgan fingerprint density at radius 1 is 0.933 bits per heavy atom. The standard InChI is InChI=1S/C11H25N3O/c12-4-1-5-13-6-2-7-14(10-9-13)8-3-11-15/h15H,1-12H2. The summed E-state index contributed by atoms with van der Waals surface area (Å²) in [6, 6.07) is 0. The lowest BCUT2D eigenvalue weighted by Crippen LogP contribution is -2.32. The van der Waals surface area contributed by atoms with Crippen molar-refractivity contribution >= 4 is 0 Å². The summed E-state index contributed by atoms with van der Waals surface area (Å²) in [6.45, 7) is 7.98. The number of aliphatic hydroxyl groups is 1. The normalized spacial score (nSPS) is 20.4. The van der Waals surface area contributed by atoms with Crippen molar-refractivity contribution < 1.29 is 5.11 Å². The Hall–Kier alpha value is -0.160. The van der Waals surface area contributed by atoms with Crippen LogP contribution in [0.15, 0.2) is 0 Å². The third-order valence-corrected chi connectivity index (χ3v) is 2.99. The SMILES string of the molecule is NCCCN1CCCN(CCCO)CC1. The van der Waals surface area contributed by atoms with Crippen LogP contribution in [0.2, 0.25) is 0 Å². The summed E-state index contributed by atoms with van der Waals surface area (Å²) in [6.07, 6.45) is 3.26. The highest BCUT2D eigenvalue weighted by atomic mass is 16.3. The number of rotatable bonds is 6. The zero-order valence-corrected chi connectivity index (χ0v) is 9.70. The van der Waals surface area contributed by atoms with Gasteiger partial charge in [-0.1, -0.05) is 0 Å². The van der Waals surface area contributed by atoms with Crippen LogP contribution in [-0.2, 0) is 0 Å². The Morgan fingerprint density at radius 2 is 1.53 bits per heavy atom. The number of nitrogens with zero attached hydrogens (tertiary/aromatic N) is 2. The molecular formula is C11H25N3O. The van der Waals surface area contributed by atoms with Gasteiger partial charge in [0.15, 0.2) is 0 Å². The molecule has 0 aromatic carbocycles. The number of nitrogens with two attached hydrogens (primary N) is 1. The van der Waals surface area contributed by atoms with E-state index in [1.165, 1.54) is 19.5 Å². The summed E-state index contributed by atoms with van der Waals surface area (Å²) < 4.78 is 0. The second-order valence-electron chi connectivity index (χ2n) is 4.26. The molecule has 0 amide bonds. The van der Waals surface area contributed by atoms with E-state index in [0.29, 0.717) is 6.61 Å². The maximum Gasteiger partial charge on any atom is 0.0443 e. The van der Waals surface area contributed by atoms with Crippen LogP contribution in [0.4, 0.5) is 0 Å². The van der Waals surface area contributed by atoms with Crippen LogP contribution >= 0.6 is 0 Å². The third kappa shape index (κ3) is 5.47. The van der Waals surface area contributed by atoms with Gasteiger partial charge in [-0.25, -0.2) is 0 Å². The molecule has 0 unspecified atom stereocenters. The first kappa shape index (κ1) is 12.9. The van der Waals surface area contributed by atoms with Gasteiger partial charge in [0, 0.05) is 26.2 Å². The second kappa shape index (κ2) is 8.05. The van der Waals surface area contributed by atoms with Crippen LogP contribution in [0.5, 0.6) is 0 Å². The minimum absolute atomic E-state index is 0.313. The highest BCUT2D eigenvalue weighted by Crippen LogP contribution is 2.03. The van der Waals surface area contributed by atoms with Crippen LogP contribution in [0.3, 0.4) is 0 Å². The molecule has 90 valence electrons. The molecule has 0 aliphatic carbocycles. The second-order valence-corrected chi connectivity index (χ2v) is 4.26. The minimum Gasteiger partial charge on any atom is -0.396 e.